The van der Waals surface area contributed by atoms with E-state index in [2.05, 4.69) is 20.6 Å². The Kier molecular flexibility index (Phi) is 5.73. The van der Waals surface area contributed by atoms with E-state index in [-0.39, 0.29) is 11.8 Å². The molecule has 0 aliphatic heterocycles. The van der Waals surface area contributed by atoms with Crippen molar-refractivity contribution in [3.8, 4) is 0 Å². The summed E-state index contributed by atoms with van der Waals surface area (Å²) in [6.45, 7) is 2.26. The van der Waals surface area contributed by atoms with E-state index in [0.717, 1.165) is 27.2 Å². The number of thiophene rings is 1. The first-order chi connectivity index (χ1) is 14.1. The van der Waals surface area contributed by atoms with E-state index in [1.165, 1.54) is 22.7 Å². The van der Waals surface area contributed by atoms with Crippen LogP contribution in [0, 0.1) is 6.92 Å². The number of carbonyl (C=O) groups excluding carboxylic acids is 2. The summed E-state index contributed by atoms with van der Waals surface area (Å²) in [5, 5.41) is 11.5. The van der Waals surface area contributed by atoms with Crippen molar-refractivity contribution in [1.29, 1.82) is 0 Å². The number of nitrogens with one attached hydrogen (secondary N) is 3. The van der Waals surface area contributed by atoms with Crippen LogP contribution in [0.25, 0.3) is 10.9 Å². The van der Waals surface area contributed by atoms with Gasteiger partial charge in [0.15, 0.2) is 0 Å². The third kappa shape index (κ3) is 4.55. The molecule has 3 heterocycles. The number of para-hydroxylation sites is 1. The van der Waals surface area contributed by atoms with Crippen LogP contribution in [0.2, 0.25) is 0 Å². The number of aryl methyl sites for hydroxylation is 1. The summed E-state index contributed by atoms with van der Waals surface area (Å²) in [5.74, 6) is -0.474. The van der Waals surface area contributed by atoms with Crippen molar-refractivity contribution >= 4 is 45.4 Å². The Morgan fingerprint density at radius 2 is 2.03 bits per heavy atom. The second-order valence-corrected chi connectivity index (χ2v) is 8.56. The zero-order chi connectivity index (χ0) is 20.2. The lowest BCUT2D eigenvalue weighted by Gasteiger charge is -2.18. The molecule has 0 radical (unpaired) electrons. The smallest absolute Gasteiger partial charge is 0.262 e. The molecule has 29 heavy (non-hydrogen) atoms. The summed E-state index contributed by atoms with van der Waals surface area (Å²) in [5.41, 5.74) is 2.92. The fourth-order valence-electron chi connectivity index (χ4n) is 3.14. The second-order valence-electron chi connectivity index (χ2n) is 6.67. The average Bonchev–Trinajstić information content (AvgIpc) is 3.47. The van der Waals surface area contributed by atoms with E-state index in [9.17, 15) is 9.59 Å². The van der Waals surface area contributed by atoms with Crippen molar-refractivity contribution in [2.75, 3.05) is 0 Å². The first-order valence-electron chi connectivity index (χ1n) is 9.18. The maximum Gasteiger partial charge on any atom is 0.262 e. The van der Waals surface area contributed by atoms with Crippen LogP contribution in [0.5, 0.6) is 0 Å². The van der Waals surface area contributed by atoms with E-state index < -0.39 is 6.04 Å². The molecule has 148 valence electrons. The Morgan fingerprint density at radius 1 is 1.17 bits per heavy atom. The van der Waals surface area contributed by atoms with E-state index in [1.54, 1.807) is 6.07 Å². The van der Waals surface area contributed by atoms with Gasteiger partial charge in [0.25, 0.3) is 5.91 Å². The van der Waals surface area contributed by atoms with E-state index >= 15 is 0 Å². The fourth-order valence-corrected chi connectivity index (χ4v) is 4.47. The molecule has 0 saturated carbocycles. The van der Waals surface area contributed by atoms with Crippen molar-refractivity contribution in [1.82, 2.24) is 20.6 Å². The molecular formula is C21H20N4O2S2. The van der Waals surface area contributed by atoms with Gasteiger partial charge in [-0.05, 0) is 30.0 Å². The Balaban J connectivity index is 1.52. The van der Waals surface area contributed by atoms with Crippen LogP contribution in [-0.2, 0) is 17.8 Å². The highest BCUT2D eigenvalue weighted by atomic mass is 32.1. The van der Waals surface area contributed by atoms with Gasteiger partial charge in [0, 0.05) is 34.6 Å². The average molecular weight is 425 g/mol. The normalized spacial score (nSPS) is 12.0. The molecule has 3 N–H and O–H groups in total. The molecule has 0 saturated heterocycles. The van der Waals surface area contributed by atoms with Gasteiger partial charge in [-0.2, -0.15) is 0 Å². The third-order valence-electron chi connectivity index (χ3n) is 4.55. The summed E-state index contributed by atoms with van der Waals surface area (Å²) in [7, 11) is 0. The second kappa shape index (κ2) is 8.59. The van der Waals surface area contributed by atoms with Gasteiger partial charge in [0.05, 0.1) is 11.4 Å². The highest BCUT2D eigenvalue weighted by Gasteiger charge is 2.23. The molecule has 4 aromatic rings. The molecule has 0 aliphatic carbocycles. The van der Waals surface area contributed by atoms with Gasteiger partial charge in [-0.3, -0.25) is 9.59 Å². The number of hydrogen-bond acceptors (Lipinski definition) is 5. The number of H-pyrrole nitrogens is 1. The molecule has 1 unspecified atom stereocenters. The zero-order valence-electron chi connectivity index (χ0n) is 15.8. The van der Waals surface area contributed by atoms with Crippen LogP contribution in [0.15, 0.2) is 53.4 Å². The number of nitrogens with zero attached hydrogens (tertiary/aromatic N) is 1. The lowest BCUT2D eigenvalue weighted by Crippen LogP contribution is -2.47. The topological polar surface area (TPSA) is 86.9 Å². The minimum Gasteiger partial charge on any atom is -0.361 e. The minimum atomic E-state index is -0.690. The molecule has 0 fully saturated rings. The fraction of sp³-hybridized carbons (Fsp3) is 0.190. The van der Waals surface area contributed by atoms with Crippen molar-refractivity contribution in [2.45, 2.75) is 25.9 Å². The van der Waals surface area contributed by atoms with E-state index in [1.807, 2.05) is 54.2 Å². The van der Waals surface area contributed by atoms with Crippen LogP contribution < -0.4 is 10.6 Å². The highest BCUT2D eigenvalue weighted by molar-refractivity contribution is 7.12. The van der Waals surface area contributed by atoms with Gasteiger partial charge in [-0.15, -0.1) is 22.7 Å². The quantitative estimate of drug-likeness (QED) is 0.423. The van der Waals surface area contributed by atoms with Crippen LogP contribution in [-0.4, -0.2) is 27.8 Å². The van der Waals surface area contributed by atoms with Gasteiger partial charge in [0.2, 0.25) is 5.91 Å². The Labute approximate surface area is 176 Å². The number of aromatic amines is 1. The minimum absolute atomic E-state index is 0.229. The zero-order valence-corrected chi connectivity index (χ0v) is 17.4. The molecule has 8 heteroatoms. The maximum atomic E-state index is 12.9. The SMILES string of the molecule is Cc1csc(CNC(=O)C(Cc2c[nH]c3ccccc23)NC(=O)c2cccs2)n1. The van der Waals surface area contributed by atoms with Crippen molar-refractivity contribution in [3.63, 3.8) is 0 Å². The maximum absolute atomic E-state index is 12.9. The monoisotopic (exact) mass is 424 g/mol. The van der Waals surface area contributed by atoms with Gasteiger partial charge in [0.1, 0.15) is 11.0 Å². The van der Waals surface area contributed by atoms with Gasteiger partial charge < -0.3 is 15.6 Å². The third-order valence-corrected chi connectivity index (χ3v) is 6.38. The highest BCUT2D eigenvalue weighted by Crippen LogP contribution is 2.20. The Hall–Kier alpha value is -2.97. The van der Waals surface area contributed by atoms with Crippen LogP contribution in [0.3, 0.4) is 0 Å². The Bertz CT molecular complexity index is 1130. The molecule has 1 aromatic carbocycles. The molecule has 1 atom stereocenters. The van der Waals surface area contributed by atoms with Gasteiger partial charge in [-0.25, -0.2) is 4.98 Å². The number of fused-ring (bicyclic) bond motifs is 1. The number of rotatable bonds is 7. The summed E-state index contributed by atoms with van der Waals surface area (Å²) in [6.07, 6.45) is 2.29. The van der Waals surface area contributed by atoms with Crippen LogP contribution in [0.1, 0.15) is 25.9 Å². The van der Waals surface area contributed by atoms with E-state index in [0.29, 0.717) is 17.8 Å². The summed E-state index contributed by atoms with van der Waals surface area (Å²) >= 11 is 2.86. The largest absolute Gasteiger partial charge is 0.361 e. The Morgan fingerprint density at radius 3 is 2.79 bits per heavy atom. The summed E-state index contributed by atoms with van der Waals surface area (Å²) < 4.78 is 0. The molecule has 0 spiro atoms. The lowest BCUT2D eigenvalue weighted by molar-refractivity contribution is -0.123. The summed E-state index contributed by atoms with van der Waals surface area (Å²) in [6, 6.07) is 10.8. The van der Waals surface area contributed by atoms with Gasteiger partial charge >= 0.3 is 0 Å². The number of carbonyl (C=O) groups is 2. The standard InChI is InChI=1S/C21H20N4O2S2/c1-13-12-29-19(24-13)11-23-20(26)17(25-21(27)18-7-4-8-28-18)9-14-10-22-16-6-3-2-5-15(14)16/h2-8,10,12,17,22H,9,11H2,1H3,(H,23,26)(H,25,27). The molecule has 4 rings (SSSR count). The summed E-state index contributed by atoms with van der Waals surface area (Å²) in [4.78, 5) is 33.7. The van der Waals surface area contributed by atoms with Crippen molar-refractivity contribution in [2.24, 2.45) is 0 Å². The van der Waals surface area contributed by atoms with Crippen LogP contribution in [0.4, 0.5) is 0 Å². The number of amides is 2. The molecule has 0 aliphatic rings. The van der Waals surface area contributed by atoms with Gasteiger partial charge in [-0.1, -0.05) is 24.3 Å². The number of hydrogen-bond donors (Lipinski definition) is 3. The molecule has 3 aromatic heterocycles. The molecular weight excluding hydrogens is 404 g/mol. The molecule has 2 amide bonds. The van der Waals surface area contributed by atoms with Crippen molar-refractivity contribution < 1.29 is 9.59 Å². The van der Waals surface area contributed by atoms with Crippen LogP contribution >= 0.6 is 22.7 Å². The predicted octanol–water partition coefficient (Wildman–Crippen LogP) is 3.65. The lowest BCUT2D eigenvalue weighted by atomic mass is 10.0. The molecule has 6 nitrogen and oxygen atoms in total. The predicted molar refractivity (Wildman–Crippen MR) is 116 cm³/mol. The number of benzene rings is 1. The first kappa shape index (κ1) is 19.4. The number of aromatic nitrogens is 2. The van der Waals surface area contributed by atoms with Crippen molar-refractivity contribution in [3.05, 3.63) is 74.5 Å². The number of thiazole rings is 1. The van der Waals surface area contributed by atoms with E-state index in [4.69, 9.17) is 0 Å². The first-order valence-corrected chi connectivity index (χ1v) is 10.9. The molecule has 0 bridgehead atoms.